The molecule has 1 rings (SSSR count). The molecule has 1 aromatic rings. The van der Waals surface area contributed by atoms with E-state index in [9.17, 15) is 9.18 Å². The van der Waals surface area contributed by atoms with Crippen molar-refractivity contribution in [1.29, 1.82) is 0 Å². The van der Waals surface area contributed by atoms with Gasteiger partial charge >= 0.3 is 5.97 Å². The Bertz CT molecular complexity index is 384. The Kier molecular flexibility index (Phi) is 4.16. The van der Waals surface area contributed by atoms with Gasteiger partial charge < -0.3 is 10.1 Å². The van der Waals surface area contributed by atoms with E-state index in [0.29, 0.717) is 12.1 Å². The molecule has 1 N–H and O–H groups in total. The van der Waals surface area contributed by atoms with E-state index < -0.39 is 17.8 Å². The lowest BCUT2D eigenvalue weighted by molar-refractivity contribution is -0.141. The Labute approximate surface area is 93.1 Å². The van der Waals surface area contributed by atoms with Crippen molar-refractivity contribution in [2.75, 3.05) is 12.4 Å². The summed E-state index contributed by atoms with van der Waals surface area (Å²) in [4.78, 5) is 18.7. The monoisotopic (exact) mass is 227 g/mol. The summed E-state index contributed by atoms with van der Waals surface area (Å²) >= 11 is 0. The molecule has 0 saturated heterocycles. The molecule has 0 aliphatic rings. The number of hydrogen-bond acceptors (Lipinski definition) is 5. The Morgan fingerprint density at radius 1 is 1.62 bits per heavy atom. The zero-order valence-corrected chi connectivity index (χ0v) is 9.45. The molecular formula is C10H14FN3O2. The molecule has 0 spiro atoms. The maximum absolute atomic E-state index is 13.7. The van der Waals surface area contributed by atoms with E-state index in [0.717, 1.165) is 0 Å². The molecule has 0 amide bonds. The molecule has 0 aromatic carbocycles. The first-order chi connectivity index (χ1) is 7.60. The highest BCUT2D eigenvalue weighted by molar-refractivity contribution is 5.78. The van der Waals surface area contributed by atoms with Crippen LogP contribution in [0.1, 0.15) is 19.5 Å². The van der Waals surface area contributed by atoms with Crippen LogP contribution in [0.2, 0.25) is 0 Å². The summed E-state index contributed by atoms with van der Waals surface area (Å²) in [5, 5.41) is 2.63. The number of carbonyl (C=O) groups excluding carboxylic acids is 1. The van der Waals surface area contributed by atoms with Crippen molar-refractivity contribution in [3.63, 3.8) is 0 Å². The van der Waals surface area contributed by atoms with Crippen molar-refractivity contribution in [2.45, 2.75) is 26.3 Å². The summed E-state index contributed by atoms with van der Waals surface area (Å²) in [6.45, 7) is 3.36. The minimum absolute atomic E-state index is 0.0183. The number of rotatable bonds is 4. The number of methoxy groups -OCH3 is 1. The molecule has 1 atom stereocenters. The van der Waals surface area contributed by atoms with E-state index in [1.165, 1.54) is 13.4 Å². The minimum atomic E-state index is -0.654. The lowest BCUT2D eigenvalue weighted by atomic mass is 10.3. The molecule has 5 nitrogen and oxygen atoms in total. The van der Waals surface area contributed by atoms with Gasteiger partial charge in [-0.3, -0.25) is 0 Å². The molecule has 1 aromatic heterocycles. The van der Waals surface area contributed by atoms with Crippen LogP contribution in [0.25, 0.3) is 0 Å². The van der Waals surface area contributed by atoms with E-state index in [1.54, 1.807) is 13.8 Å². The third kappa shape index (κ3) is 2.65. The van der Waals surface area contributed by atoms with Crippen molar-refractivity contribution >= 4 is 11.8 Å². The molecule has 0 aliphatic carbocycles. The maximum atomic E-state index is 13.7. The fourth-order valence-corrected chi connectivity index (χ4v) is 1.19. The van der Waals surface area contributed by atoms with Gasteiger partial charge in [-0.15, -0.1) is 0 Å². The second kappa shape index (κ2) is 5.39. The number of anilines is 1. The number of hydrogen-bond donors (Lipinski definition) is 1. The highest BCUT2D eigenvalue weighted by atomic mass is 19.1. The highest BCUT2D eigenvalue weighted by Crippen LogP contribution is 2.14. The Hall–Kier alpha value is -1.72. The van der Waals surface area contributed by atoms with E-state index in [-0.39, 0.29) is 5.82 Å². The molecule has 6 heteroatoms. The summed E-state index contributed by atoms with van der Waals surface area (Å²) in [5.74, 6) is -0.985. The third-order valence-corrected chi connectivity index (χ3v) is 2.10. The summed E-state index contributed by atoms with van der Waals surface area (Å²) in [6, 6.07) is -0.654. The minimum Gasteiger partial charge on any atom is -0.467 e. The van der Waals surface area contributed by atoms with Crippen LogP contribution < -0.4 is 5.32 Å². The van der Waals surface area contributed by atoms with Gasteiger partial charge in [0.25, 0.3) is 0 Å². The van der Waals surface area contributed by atoms with Crippen LogP contribution >= 0.6 is 0 Å². The average molecular weight is 227 g/mol. The van der Waals surface area contributed by atoms with Crippen molar-refractivity contribution in [2.24, 2.45) is 0 Å². The first kappa shape index (κ1) is 12.4. The Morgan fingerprint density at radius 3 is 2.88 bits per heavy atom. The van der Waals surface area contributed by atoms with Crippen LogP contribution in [0.15, 0.2) is 6.33 Å². The van der Waals surface area contributed by atoms with Crippen molar-refractivity contribution in [3.8, 4) is 0 Å². The number of aromatic nitrogens is 2. The number of nitrogens with zero attached hydrogens (tertiary/aromatic N) is 2. The number of aryl methyl sites for hydroxylation is 1. The smallest absolute Gasteiger partial charge is 0.328 e. The zero-order chi connectivity index (χ0) is 12.1. The zero-order valence-electron chi connectivity index (χ0n) is 9.45. The SMILES string of the molecule is CCc1ncnc(NC(C)C(=O)OC)c1F. The molecule has 0 aliphatic heterocycles. The molecule has 16 heavy (non-hydrogen) atoms. The second-order valence-electron chi connectivity index (χ2n) is 3.23. The predicted octanol–water partition coefficient (Wildman–Crippen LogP) is 1.15. The molecule has 0 bridgehead atoms. The van der Waals surface area contributed by atoms with Gasteiger partial charge in [-0.05, 0) is 13.3 Å². The predicted molar refractivity (Wildman–Crippen MR) is 56.5 cm³/mol. The van der Waals surface area contributed by atoms with Crippen molar-refractivity contribution < 1.29 is 13.9 Å². The van der Waals surface area contributed by atoms with Crippen LogP contribution in [-0.4, -0.2) is 29.1 Å². The molecule has 1 unspecified atom stereocenters. The summed E-state index contributed by atoms with van der Waals surface area (Å²) in [5.41, 5.74) is 0.314. The molecular weight excluding hydrogens is 213 g/mol. The van der Waals surface area contributed by atoms with E-state index in [1.807, 2.05) is 0 Å². The lowest BCUT2D eigenvalue weighted by Gasteiger charge is -2.13. The van der Waals surface area contributed by atoms with Gasteiger partial charge in [0, 0.05) is 0 Å². The highest BCUT2D eigenvalue weighted by Gasteiger charge is 2.17. The summed E-state index contributed by atoms with van der Waals surface area (Å²) < 4.78 is 18.2. The number of esters is 1. The topological polar surface area (TPSA) is 64.1 Å². The largest absolute Gasteiger partial charge is 0.467 e. The Balaban J connectivity index is 2.85. The quantitative estimate of drug-likeness (QED) is 0.782. The van der Waals surface area contributed by atoms with E-state index in [4.69, 9.17) is 0 Å². The van der Waals surface area contributed by atoms with Gasteiger partial charge in [-0.25, -0.2) is 19.2 Å². The van der Waals surface area contributed by atoms with Gasteiger partial charge in [0.05, 0.1) is 12.8 Å². The van der Waals surface area contributed by atoms with Crippen molar-refractivity contribution in [1.82, 2.24) is 9.97 Å². The van der Waals surface area contributed by atoms with Crippen LogP contribution in [0.3, 0.4) is 0 Å². The number of carbonyl (C=O) groups is 1. The molecule has 88 valence electrons. The first-order valence-corrected chi connectivity index (χ1v) is 4.93. The molecule has 1 heterocycles. The van der Waals surface area contributed by atoms with Crippen LogP contribution in [0.4, 0.5) is 10.2 Å². The number of halogens is 1. The lowest BCUT2D eigenvalue weighted by Crippen LogP contribution is -2.28. The fourth-order valence-electron chi connectivity index (χ4n) is 1.19. The van der Waals surface area contributed by atoms with E-state index in [2.05, 4.69) is 20.0 Å². The van der Waals surface area contributed by atoms with Gasteiger partial charge in [-0.1, -0.05) is 6.92 Å². The number of nitrogens with one attached hydrogen (secondary N) is 1. The van der Waals surface area contributed by atoms with Gasteiger partial charge in [0.1, 0.15) is 12.4 Å². The van der Waals surface area contributed by atoms with E-state index >= 15 is 0 Å². The first-order valence-electron chi connectivity index (χ1n) is 4.93. The molecule has 0 radical (unpaired) electrons. The number of ether oxygens (including phenoxy) is 1. The van der Waals surface area contributed by atoms with Gasteiger partial charge in [0.2, 0.25) is 0 Å². The molecule has 0 fully saturated rings. The Morgan fingerprint density at radius 2 is 2.31 bits per heavy atom. The van der Waals surface area contributed by atoms with Crippen LogP contribution in [0.5, 0.6) is 0 Å². The summed E-state index contributed by atoms with van der Waals surface area (Å²) in [7, 11) is 1.27. The molecule has 0 saturated carbocycles. The van der Waals surface area contributed by atoms with Gasteiger partial charge in [-0.2, -0.15) is 0 Å². The third-order valence-electron chi connectivity index (χ3n) is 2.10. The van der Waals surface area contributed by atoms with Crippen LogP contribution in [-0.2, 0) is 16.0 Å². The standard InChI is InChI=1S/C10H14FN3O2/c1-4-7-8(11)9(13-5-12-7)14-6(2)10(15)16-3/h5-6H,4H2,1-3H3,(H,12,13,14). The van der Waals surface area contributed by atoms with Crippen LogP contribution in [0, 0.1) is 5.82 Å². The maximum Gasteiger partial charge on any atom is 0.328 e. The van der Waals surface area contributed by atoms with Gasteiger partial charge in [0.15, 0.2) is 11.6 Å². The normalized spacial score (nSPS) is 12.0. The summed E-state index contributed by atoms with van der Waals surface area (Å²) in [6.07, 6.45) is 1.73. The van der Waals surface area contributed by atoms with Crippen molar-refractivity contribution in [3.05, 3.63) is 17.8 Å². The fraction of sp³-hybridized carbons (Fsp3) is 0.500. The average Bonchev–Trinajstić information content (AvgIpc) is 2.30. The second-order valence-corrected chi connectivity index (χ2v) is 3.23.